The number of aromatic nitrogens is 3. The van der Waals surface area contributed by atoms with Gasteiger partial charge in [0.05, 0.1) is 8.07 Å². The quantitative estimate of drug-likeness (QED) is 0.138. The molecule has 7 aromatic carbocycles. The van der Waals surface area contributed by atoms with Crippen molar-refractivity contribution in [3.63, 3.8) is 0 Å². The highest BCUT2D eigenvalue weighted by molar-refractivity contribution is 6.88. The Kier molecular flexibility index (Phi) is 9.38. The van der Waals surface area contributed by atoms with Crippen LogP contribution < -0.4 is 5.19 Å². The van der Waals surface area contributed by atoms with Crippen LogP contribution in [0.25, 0.3) is 78.7 Å². The summed E-state index contributed by atoms with van der Waals surface area (Å²) >= 11 is 0. The topological polar surface area (TPSA) is 38.7 Å². The second kappa shape index (κ2) is 14.7. The first kappa shape index (κ1) is 36.4. The predicted molar refractivity (Wildman–Crippen MR) is 242 cm³/mol. The highest BCUT2D eigenvalue weighted by Gasteiger charge is 2.41. The van der Waals surface area contributed by atoms with Gasteiger partial charge in [0, 0.05) is 22.1 Å². The molecule has 9 rings (SSSR count). The van der Waals surface area contributed by atoms with Crippen LogP contribution in [0.5, 0.6) is 0 Å². The summed E-state index contributed by atoms with van der Waals surface area (Å²) in [6.07, 6.45) is 2.16. The third-order valence-electron chi connectivity index (χ3n) is 12.0. The lowest BCUT2D eigenvalue weighted by atomic mass is 9.73. The molecule has 0 N–H and O–H groups in total. The van der Waals surface area contributed by atoms with Crippen LogP contribution >= 0.6 is 0 Å². The molecule has 1 aliphatic carbocycles. The van der Waals surface area contributed by atoms with Crippen LogP contribution in [0, 0.1) is 0 Å². The van der Waals surface area contributed by atoms with E-state index < -0.39 is 8.07 Å². The maximum absolute atomic E-state index is 5.12. The lowest BCUT2D eigenvalue weighted by molar-refractivity contribution is 0.491. The van der Waals surface area contributed by atoms with E-state index in [1.54, 1.807) is 0 Å². The lowest BCUT2D eigenvalue weighted by Gasteiger charge is -2.31. The monoisotopic (exact) mass is 753 g/mol. The molecule has 0 atom stereocenters. The van der Waals surface area contributed by atoms with Gasteiger partial charge in [-0.15, -0.1) is 0 Å². The molecule has 1 heterocycles. The molecule has 0 fully saturated rings. The van der Waals surface area contributed by atoms with Gasteiger partial charge in [-0.2, -0.15) is 0 Å². The fourth-order valence-corrected chi connectivity index (χ4v) is 9.80. The zero-order valence-corrected chi connectivity index (χ0v) is 34.4. The van der Waals surface area contributed by atoms with Crippen molar-refractivity contribution in [1.82, 2.24) is 15.0 Å². The maximum atomic E-state index is 5.12. The van der Waals surface area contributed by atoms with E-state index in [1.165, 1.54) is 44.1 Å². The van der Waals surface area contributed by atoms with Gasteiger partial charge in [-0.25, -0.2) is 15.0 Å². The number of benzene rings is 7. The van der Waals surface area contributed by atoms with E-state index in [4.69, 9.17) is 15.0 Å². The minimum Gasteiger partial charge on any atom is -0.208 e. The second-order valence-electron chi connectivity index (χ2n) is 16.3. The molecule has 8 aromatic rings. The van der Waals surface area contributed by atoms with Crippen molar-refractivity contribution in [2.45, 2.75) is 51.7 Å². The molecular formula is C53H47N3Si. The fourth-order valence-electron chi connectivity index (χ4n) is 8.64. The van der Waals surface area contributed by atoms with E-state index >= 15 is 0 Å². The van der Waals surface area contributed by atoms with Gasteiger partial charge in [0.1, 0.15) is 0 Å². The van der Waals surface area contributed by atoms with Gasteiger partial charge in [0.25, 0.3) is 0 Å². The average Bonchev–Trinajstić information content (AvgIpc) is 3.55. The SMILES string of the molecule is CCC1(CC)c2cc(-c3ccc(-c4nc(-c5ccc(-c6ccccc6)cc5)nc(-c5cccc(-c6ccccc6)c5)n4)cc3)ccc2-c2ccc([Si](C)(C)C)cc21. The van der Waals surface area contributed by atoms with E-state index in [0.717, 1.165) is 46.2 Å². The Morgan fingerprint density at radius 1 is 0.368 bits per heavy atom. The highest BCUT2D eigenvalue weighted by Crippen LogP contribution is 2.53. The van der Waals surface area contributed by atoms with Crippen LogP contribution in [0.2, 0.25) is 19.6 Å². The molecule has 57 heavy (non-hydrogen) atoms. The first-order chi connectivity index (χ1) is 27.7. The van der Waals surface area contributed by atoms with E-state index in [1.807, 2.05) is 12.1 Å². The van der Waals surface area contributed by atoms with E-state index in [2.05, 4.69) is 191 Å². The lowest BCUT2D eigenvalue weighted by Crippen LogP contribution is -2.38. The summed E-state index contributed by atoms with van der Waals surface area (Å²) in [6.45, 7) is 12.1. The van der Waals surface area contributed by atoms with Crippen LogP contribution in [-0.4, -0.2) is 23.0 Å². The van der Waals surface area contributed by atoms with Gasteiger partial charge in [-0.3, -0.25) is 0 Å². The summed E-state index contributed by atoms with van der Waals surface area (Å²) in [7, 11) is -1.46. The van der Waals surface area contributed by atoms with Gasteiger partial charge >= 0.3 is 0 Å². The van der Waals surface area contributed by atoms with Gasteiger partial charge in [-0.05, 0) is 80.6 Å². The number of rotatable bonds is 9. The van der Waals surface area contributed by atoms with Crippen molar-refractivity contribution >= 4 is 13.3 Å². The molecule has 0 saturated carbocycles. The summed E-state index contributed by atoms with van der Waals surface area (Å²) in [4.78, 5) is 15.3. The number of hydrogen-bond acceptors (Lipinski definition) is 3. The van der Waals surface area contributed by atoms with Gasteiger partial charge in [-0.1, -0.05) is 196 Å². The normalized spacial score (nSPS) is 12.9. The molecule has 0 aliphatic heterocycles. The molecule has 0 saturated heterocycles. The molecule has 4 heteroatoms. The maximum Gasteiger partial charge on any atom is 0.164 e. The minimum absolute atomic E-state index is 0.0189. The summed E-state index contributed by atoms with van der Waals surface area (Å²) in [5.74, 6) is 1.95. The van der Waals surface area contributed by atoms with Crippen molar-refractivity contribution in [2.24, 2.45) is 0 Å². The Morgan fingerprint density at radius 2 is 0.754 bits per heavy atom. The second-order valence-corrected chi connectivity index (χ2v) is 21.4. The average molecular weight is 754 g/mol. The molecule has 1 aromatic heterocycles. The Labute approximate surface area is 338 Å². The van der Waals surface area contributed by atoms with Crippen molar-refractivity contribution < 1.29 is 0 Å². The largest absolute Gasteiger partial charge is 0.208 e. The molecule has 0 spiro atoms. The fraction of sp³-hybridized carbons (Fsp3) is 0.151. The standard InChI is InChI=1S/C53H47N3Si/c1-6-53(7-2)48-34-43(29-31-46(48)47-32-30-45(35-49(47)53)57(3,4)5)39-23-27-41(28-24-39)51-54-50(40-25-21-38(22-26-40)36-15-10-8-11-16-36)55-52(56-51)44-20-14-19-42(33-44)37-17-12-9-13-18-37/h8-35H,6-7H2,1-5H3. The summed E-state index contributed by atoms with van der Waals surface area (Å²) in [5.41, 5.74) is 15.7. The molecule has 1 aliphatic rings. The summed E-state index contributed by atoms with van der Waals surface area (Å²) in [5, 5.41) is 1.54. The van der Waals surface area contributed by atoms with Gasteiger partial charge < -0.3 is 0 Å². The van der Waals surface area contributed by atoms with Crippen molar-refractivity contribution in [2.75, 3.05) is 0 Å². The molecule has 0 unspecified atom stereocenters. The molecular weight excluding hydrogens is 707 g/mol. The molecule has 0 radical (unpaired) electrons. The zero-order valence-electron chi connectivity index (χ0n) is 33.4. The number of hydrogen-bond donors (Lipinski definition) is 0. The van der Waals surface area contributed by atoms with Crippen LogP contribution in [0.4, 0.5) is 0 Å². The van der Waals surface area contributed by atoms with Crippen molar-refractivity contribution in [3.8, 4) is 78.7 Å². The van der Waals surface area contributed by atoms with E-state index in [0.29, 0.717) is 17.5 Å². The van der Waals surface area contributed by atoms with Crippen LogP contribution in [0.1, 0.15) is 37.8 Å². The van der Waals surface area contributed by atoms with E-state index in [9.17, 15) is 0 Å². The third-order valence-corrected chi connectivity index (χ3v) is 14.1. The van der Waals surface area contributed by atoms with Crippen LogP contribution in [-0.2, 0) is 5.41 Å². The van der Waals surface area contributed by atoms with Gasteiger partial charge in [0.15, 0.2) is 17.5 Å². The summed E-state index contributed by atoms with van der Waals surface area (Å²) in [6, 6.07) is 61.1. The Balaban J connectivity index is 1.10. The van der Waals surface area contributed by atoms with Crippen LogP contribution in [0.15, 0.2) is 170 Å². The molecule has 278 valence electrons. The Morgan fingerprint density at radius 3 is 1.30 bits per heavy atom. The van der Waals surface area contributed by atoms with Crippen molar-refractivity contribution in [3.05, 3.63) is 181 Å². The zero-order chi connectivity index (χ0) is 39.1. The first-order valence-electron chi connectivity index (χ1n) is 20.2. The van der Waals surface area contributed by atoms with Gasteiger partial charge in [0.2, 0.25) is 0 Å². The smallest absolute Gasteiger partial charge is 0.164 e. The Bertz CT molecular complexity index is 2710. The van der Waals surface area contributed by atoms with Crippen molar-refractivity contribution in [1.29, 1.82) is 0 Å². The van der Waals surface area contributed by atoms with Crippen LogP contribution in [0.3, 0.4) is 0 Å². The highest BCUT2D eigenvalue weighted by atomic mass is 28.3. The van der Waals surface area contributed by atoms with E-state index in [-0.39, 0.29) is 5.41 Å². The number of fused-ring (bicyclic) bond motifs is 3. The Hall–Kier alpha value is -6.23. The molecule has 0 bridgehead atoms. The number of nitrogens with zero attached hydrogens (tertiary/aromatic N) is 3. The summed E-state index contributed by atoms with van der Waals surface area (Å²) < 4.78 is 0. The molecule has 0 amide bonds. The minimum atomic E-state index is -1.46. The molecule has 3 nitrogen and oxygen atoms in total. The third kappa shape index (κ3) is 6.74. The predicted octanol–water partition coefficient (Wildman–Crippen LogP) is 13.5. The first-order valence-corrected chi connectivity index (χ1v) is 23.7.